The zero-order chi connectivity index (χ0) is 51.1. The van der Waals surface area contributed by atoms with E-state index >= 15 is 4.79 Å². The summed E-state index contributed by atoms with van der Waals surface area (Å²) < 4.78 is 86.2. The van der Waals surface area contributed by atoms with Crippen LogP contribution in [0.3, 0.4) is 0 Å². The lowest BCUT2D eigenvalue weighted by Gasteiger charge is -2.33. The number of carbonyl (C=O) groups excluding carboxylic acids is 4. The quantitative estimate of drug-likeness (QED) is 0.133. The van der Waals surface area contributed by atoms with E-state index in [1.54, 1.807) is 32.2 Å². The lowest BCUT2D eigenvalue weighted by atomic mass is 9.83. The number of pyridine rings is 1. The molecule has 1 saturated heterocycles. The fourth-order valence-electron chi connectivity index (χ4n) is 9.27. The minimum Gasteiger partial charge on any atom is -0.497 e. The van der Waals surface area contributed by atoms with Crippen molar-refractivity contribution in [3.8, 4) is 34.4 Å². The van der Waals surface area contributed by atoms with Crippen LogP contribution in [0, 0.1) is 23.7 Å². The second kappa shape index (κ2) is 19.8. The molecule has 2 aliphatic heterocycles. The van der Waals surface area contributed by atoms with Crippen molar-refractivity contribution in [2.24, 2.45) is 23.7 Å². The van der Waals surface area contributed by atoms with Crippen LogP contribution in [0.25, 0.3) is 22.0 Å². The second-order valence-electron chi connectivity index (χ2n) is 20.6. The first kappa shape index (κ1) is 52.1. The molecule has 7 unspecified atom stereocenters. The third-order valence-electron chi connectivity index (χ3n) is 14.4. The number of rotatable bonds is 14. The molecule has 7 atom stereocenters. The molecular formula is C51H67F2N5O11S. The minimum atomic E-state index is -4.09. The molecule has 2 saturated carbocycles. The molecule has 3 aromatic rings. The maximum absolute atomic E-state index is 15.2. The van der Waals surface area contributed by atoms with Crippen LogP contribution in [0.4, 0.5) is 13.6 Å². The fourth-order valence-corrected chi connectivity index (χ4v) is 10.6. The molecule has 2 aromatic carbocycles. The molecule has 4 amide bonds. The lowest BCUT2D eigenvalue weighted by molar-refractivity contribution is -0.150. The fraction of sp³-hybridized carbons (Fsp3) is 0.588. The summed E-state index contributed by atoms with van der Waals surface area (Å²) in [6, 6.07) is 11.4. The Morgan fingerprint density at radius 2 is 1.67 bits per heavy atom. The van der Waals surface area contributed by atoms with Gasteiger partial charge in [0.05, 0.1) is 37.5 Å². The summed E-state index contributed by atoms with van der Waals surface area (Å²) in [5.41, 5.74) is -2.70. The number of alkyl halides is 2. The molecule has 16 nitrogen and oxygen atoms in total. The summed E-state index contributed by atoms with van der Waals surface area (Å²) in [4.78, 5) is 63.9. The number of hydrogen-bond acceptors (Lipinski definition) is 12. The molecule has 3 fully saturated rings. The number of hydrogen-bond donors (Lipinski definition) is 3. The van der Waals surface area contributed by atoms with Crippen molar-refractivity contribution in [3.63, 3.8) is 0 Å². The van der Waals surface area contributed by atoms with Gasteiger partial charge in [-0.25, -0.2) is 27.0 Å². The van der Waals surface area contributed by atoms with E-state index in [2.05, 4.69) is 15.4 Å². The molecule has 3 heterocycles. The average molecular weight is 996 g/mol. The van der Waals surface area contributed by atoms with Crippen molar-refractivity contribution >= 4 is 44.6 Å². The van der Waals surface area contributed by atoms with Crippen molar-refractivity contribution in [2.45, 2.75) is 140 Å². The van der Waals surface area contributed by atoms with Gasteiger partial charge in [0, 0.05) is 42.1 Å². The molecule has 7 rings (SSSR count). The number of ether oxygens (including phenoxy) is 5. The standard InChI is InChI=1S/C51H67F2N5O11S/c1-29(2)67-34-17-15-32(16-18-34)41-42(66-10)38-24-35(65-9)19-20-37(38)44(55-41)68-36-25-40-43(59)56-51(46(61)57-70(63,64)49(7)21-22-49)26-33(51)14-12-11-13-30(3)23-31(4)39(45(60)58(40)28-36)27-54-47(62)69-48(5,6)50(8,52)53/h12,14-20,24,29-31,33,36,39-40H,11,13,21-23,25-28H2,1-10H3,(H,54,62)(H,56,59)(H,57,61). The Balaban J connectivity index is 1.27. The van der Waals surface area contributed by atoms with Gasteiger partial charge in [0.15, 0.2) is 11.4 Å². The Kier molecular flexibility index (Phi) is 14.8. The molecule has 3 N–H and O–H groups in total. The van der Waals surface area contributed by atoms with E-state index in [9.17, 15) is 31.6 Å². The van der Waals surface area contributed by atoms with E-state index in [-0.39, 0.29) is 43.8 Å². The third kappa shape index (κ3) is 10.9. The Labute approximate surface area is 409 Å². The van der Waals surface area contributed by atoms with Gasteiger partial charge >= 0.3 is 6.09 Å². The van der Waals surface area contributed by atoms with Crippen molar-refractivity contribution in [1.29, 1.82) is 0 Å². The van der Waals surface area contributed by atoms with Crippen molar-refractivity contribution in [3.05, 3.63) is 54.6 Å². The Hall–Kier alpha value is -5.72. The summed E-state index contributed by atoms with van der Waals surface area (Å²) >= 11 is 0. The molecular weight excluding hydrogens is 929 g/mol. The number of carbonyl (C=O) groups is 4. The van der Waals surface area contributed by atoms with Crippen molar-refractivity contribution < 1.29 is 60.1 Å². The van der Waals surface area contributed by atoms with Crippen molar-refractivity contribution in [2.75, 3.05) is 27.3 Å². The molecule has 19 heteroatoms. The first-order chi connectivity index (χ1) is 32.8. The van der Waals surface area contributed by atoms with E-state index < -0.39 is 85.5 Å². The van der Waals surface area contributed by atoms with Gasteiger partial charge in [-0.05, 0) is 127 Å². The topological polar surface area (TPSA) is 201 Å². The Bertz CT molecular complexity index is 2620. The molecule has 0 radical (unpaired) electrons. The van der Waals surface area contributed by atoms with Crippen molar-refractivity contribution in [1.82, 2.24) is 25.2 Å². The van der Waals surface area contributed by atoms with Gasteiger partial charge in [0.25, 0.3) is 11.8 Å². The molecule has 382 valence electrons. The van der Waals surface area contributed by atoms with Gasteiger partial charge in [-0.1, -0.05) is 26.0 Å². The number of alkyl carbamates (subject to hydrolysis) is 1. The number of nitrogens with zero attached hydrogens (tertiary/aromatic N) is 2. The van der Waals surface area contributed by atoms with Crippen LogP contribution in [0.1, 0.15) is 100 Å². The van der Waals surface area contributed by atoms with Crippen LogP contribution in [0.2, 0.25) is 0 Å². The third-order valence-corrected chi connectivity index (χ3v) is 16.6. The highest BCUT2D eigenvalue weighted by molar-refractivity contribution is 7.91. The van der Waals surface area contributed by atoms with E-state index in [4.69, 9.17) is 28.7 Å². The van der Waals surface area contributed by atoms with Gasteiger partial charge in [0.2, 0.25) is 27.7 Å². The Morgan fingerprint density at radius 3 is 2.30 bits per heavy atom. The van der Waals surface area contributed by atoms with Gasteiger partial charge in [0.1, 0.15) is 34.9 Å². The van der Waals surface area contributed by atoms with E-state index in [1.807, 2.05) is 64.1 Å². The second-order valence-corrected chi connectivity index (χ2v) is 22.8. The first-order valence-corrected chi connectivity index (χ1v) is 25.5. The monoisotopic (exact) mass is 995 g/mol. The van der Waals surface area contributed by atoms with Gasteiger partial charge in [-0.2, -0.15) is 0 Å². The van der Waals surface area contributed by atoms with Gasteiger partial charge in [-0.3, -0.25) is 19.1 Å². The van der Waals surface area contributed by atoms with Crippen LogP contribution in [0.15, 0.2) is 54.6 Å². The number of methoxy groups -OCH3 is 2. The maximum atomic E-state index is 15.2. The predicted octanol–water partition coefficient (Wildman–Crippen LogP) is 7.72. The number of amides is 4. The SMILES string of the molecule is COc1ccc2c(OC3CC4C(=O)NC5(C(=O)NS(=O)(=O)C6(C)CC6)CC5C=CCCC(C)CC(C)C(CNC(=O)OC(C)(C)C(C)(F)F)C(=O)N4C3)nc(-c3ccc(OC(C)C)cc3)c(OC)c2c1. The van der Waals surface area contributed by atoms with Crippen LogP contribution < -0.4 is 34.3 Å². The average Bonchev–Trinajstić information content (AvgIpc) is 4.17. The number of sulfonamides is 1. The normalized spacial score (nSPS) is 25.9. The number of fused-ring (bicyclic) bond motifs is 3. The van der Waals surface area contributed by atoms with Gasteiger partial charge in [-0.15, -0.1) is 0 Å². The predicted molar refractivity (Wildman–Crippen MR) is 258 cm³/mol. The highest BCUT2D eigenvalue weighted by Gasteiger charge is 2.63. The molecule has 4 aliphatic rings. The highest BCUT2D eigenvalue weighted by Crippen LogP contribution is 2.48. The summed E-state index contributed by atoms with van der Waals surface area (Å²) in [5.74, 6) is -5.55. The van der Waals surface area contributed by atoms with E-state index in [1.165, 1.54) is 12.0 Å². The summed E-state index contributed by atoms with van der Waals surface area (Å²) in [7, 11) is -1.01. The number of allylic oxidation sites excluding steroid dienone is 1. The first-order valence-electron chi connectivity index (χ1n) is 24.0. The van der Waals surface area contributed by atoms with Crippen LogP contribution in [0.5, 0.6) is 23.1 Å². The molecule has 1 aromatic heterocycles. The van der Waals surface area contributed by atoms with Crippen LogP contribution >= 0.6 is 0 Å². The lowest BCUT2D eigenvalue weighted by Crippen LogP contribution is -2.58. The Morgan fingerprint density at radius 1 is 0.986 bits per heavy atom. The van der Waals surface area contributed by atoms with Gasteiger partial charge < -0.3 is 39.2 Å². The zero-order valence-electron chi connectivity index (χ0n) is 41.7. The summed E-state index contributed by atoms with van der Waals surface area (Å²) in [5, 5.41) is 6.60. The maximum Gasteiger partial charge on any atom is 0.407 e. The highest BCUT2D eigenvalue weighted by atomic mass is 32.2. The van der Waals surface area contributed by atoms with E-state index in [0.29, 0.717) is 78.3 Å². The summed E-state index contributed by atoms with van der Waals surface area (Å²) in [6.45, 7) is 11.7. The summed E-state index contributed by atoms with van der Waals surface area (Å²) in [6.07, 6.45) is 4.31. The molecule has 0 bridgehead atoms. The minimum absolute atomic E-state index is 0.0533. The largest absolute Gasteiger partial charge is 0.497 e. The number of nitrogens with one attached hydrogen (secondary N) is 3. The number of halogens is 2. The molecule has 2 aliphatic carbocycles. The number of benzene rings is 2. The van der Waals surface area contributed by atoms with Crippen LogP contribution in [-0.4, -0.2) is 109 Å². The molecule has 70 heavy (non-hydrogen) atoms. The van der Waals surface area contributed by atoms with E-state index in [0.717, 1.165) is 13.8 Å². The smallest absolute Gasteiger partial charge is 0.407 e. The number of aromatic nitrogens is 1. The van der Waals surface area contributed by atoms with Crippen LogP contribution in [-0.2, 0) is 29.1 Å². The molecule has 0 spiro atoms. The zero-order valence-corrected chi connectivity index (χ0v) is 42.5.